The van der Waals surface area contributed by atoms with Crippen LogP contribution in [0.25, 0.3) is 0 Å². The van der Waals surface area contributed by atoms with Crippen LogP contribution < -0.4 is 0 Å². The molecule has 1 aromatic carbocycles. The molecule has 11 heavy (non-hydrogen) atoms. The Labute approximate surface area is 65.8 Å². The highest BCUT2D eigenvalue weighted by molar-refractivity contribution is 5.13. The molecule has 1 aromatic rings. The molecule has 0 heterocycles. The van der Waals surface area contributed by atoms with Crippen molar-refractivity contribution in [3.05, 3.63) is 42.8 Å². The van der Waals surface area contributed by atoms with Gasteiger partial charge in [0.15, 0.2) is 6.36 Å². The van der Waals surface area contributed by atoms with Gasteiger partial charge >= 0.3 is 0 Å². The summed E-state index contributed by atoms with van der Waals surface area (Å²) in [5, 5.41) is 0. The molecule has 0 saturated carbocycles. The van der Waals surface area contributed by atoms with E-state index in [-0.39, 0.29) is 6.61 Å². The topological polar surface area (TPSA) is 9.23 Å². The molecular weight excluding hydrogens is 143 g/mol. The summed E-state index contributed by atoms with van der Waals surface area (Å²) in [5.74, 6) is 0. The Morgan fingerprint density at radius 3 is 2.55 bits per heavy atom. The van der Waals surface area contributed by atoms with Crippen molar-refractivity contribution >= 4 is 0 Å². The lowest BCUT2D eigenvalue weighted by Crippen LogP contribution is -2.00. The van der Waals surface area contributed by atoms with Crippen molar-refractivity contribution < 1.29 is 9.13 Å². The predicted molar refractivity (Wildman–Crippen MR) is 41.5 cm³/mol. The van der Waals surface area contributed by atoms with E-state index >= 15 is 0 Å². The first kappa shape index (κ1) is 8.21. The van der Waals surface area contributed by atoms with E-state index in [0.29, 0.717) is 0 Å². The van der Waals surface area contributed by atoms with Crippen molar-refractivity contribution in [3.8, 4) is 0 Å². The van der Waals surface area contributed by atoms with E-state index in [1.807, 2.05) is 30.3 Å². The number of benzene rings is 1. The van der Waals surface area contributed by atoms with Crippen LogP contribution in [0.5, 0.6) is 0 Å². The lowest BCUT2D eigenvalue weighted by atomic mass is 10.2. The van der Waals surface area contributed by atoms with Crippen LogP contribution in [0.2, 0.25) is 0 Å². The largest absolute Gasteiger partial charge is 0.343 e. The summed E-state index contributed by atoms with van der Waals surface area (Å²) in [5.41, 5.74) is 0.957. The van der Waals surface area contributed by atoms with Gasteiger partial charge in [0.2, 0.25) is 0 Å². The van der Waals surface area contributed by atoms with E-state index in [1.54, 1.807) is 0 Å². The smallest absolute Gasteiger partial charge is 0.199 e. The van der Waals surface area contributed by atoms with Gasteiger partial charge < -0.3 is 4.74 Å². The van der Waals surface area contributed by atoms with Crippen LogP contribution in [-0.2, 0) is 11.3 Å². The Bertz CT molecular complexity index is 196. The third kappa shape index (κ3) is 3.14. The highest BCUT2D eigenvalue weighted by Gasteiger charge is 1.96. The number of hydrogen-bond acceptors (Lipinski definition) is 1. The van der Waals surface area contributed by atoms with Crippen molar-refractivity contribution in [2.75, 3.05) is 0 Å². The van der Waals surface area contributed by atoms with E-state index in [2.05, 4.69) is 11.7 Å². The van der Waals surface area contributed by atoms with Gasteiger partial charge in [0.05, 0.1) is 6.61 Å². The first-order valence-corrected chi connectivity index (χ1v) is 3.42. The molecule has 0 aliphatic rings. The maximum absolute atomic E-state index is 12.1. The average molecular weight is 153 g/mol. The molecule has 0 saturated heterocycles. The first-order valence-electron chi connectivity index (χ1n) is 3.42. The summed E-state index contributed by atoms with van der Waals surface area (Å²) in [6.45, 7) is 3.35. The molecule has 1 rings (SSSR count). The van der Waals surface area contributed by atoms with Crippen LogP contribution >= 0.6 is 0 Å². The zero-order chi connectivity index (χ0) is 8.10. The van der Waals surface area contributed by atoms with E-state index in [0.717, 1.165) is 5.56 Å². The Balaban J connectivity index is 2.39. The highest BCUT2D eigenvalue weighted by Crippen LogP contribution is 2.02. The summed E-state index contributed by atoms with van der Waals surface area (Å²) in [6.07, 6.45) is -1.43. The Morgan fingerprint density at radius 2 is 2.00 bits per heavy atom. The second-order valence-electron chi connectivity index (χ2n) is 2.21. The van der Waals surface area contributed by atoms with Crippen LogP contribution in [0.3, 0.4) is 0 Å². The van der Waals surface area contributed by atoms with Gasteiger partial charge in [0.1, 0.15) is 0 Å². The molecule has 1 atom stereocenters. The van der Waals surface area contributed by atoms with Gasteiger partial charge in [-0.15, -0.1) is 0 Å². The third-order valence-corrected chi connectivity index (χ3v) is 1.27. The molecule has 0 N–H and O–H groups in total. The number of halogens is 1. The van der Waals surface area contributed by atoms with Crippen molar-refractivity contribution in [2.45, 2.75) is 13.0 Å². The molecule has 1 unspecified atom stereocenters. The van der Waals surface area contributed by atoms with E-state index in [4.69, 9.17) is 0 Å². The molecule has 1 nitrogen and oxygen atoms in total. The summed E-state index contributed by atoms with van der Waals surface area (Å²) < 4.78 is 16.7. The normalized spacial score (nSPS) is 12.9. The van der Waals surface area contributed by atoms with Crippen molar-refractivity contribution in [3.63, 3.8) is 0 Å². The number of rotatable bonds is 3. The van der Waals surface area contributed by atoms with Gasteiger partial charge in [-0.1, -0.05) is 30.3 Å². The van der Waals surface area contributed by atoms with E-state index in [9.17, 15) is 4.39 Å². The van der Waals surface area contributed by atoms with Gasteiger partial charge in [0, 0.05) is 6.92 Å². The summed E-state index contributed by atoms with van der Waals surface area (Å²) in [7, 11) is 0. The Kier molecular flexibility index (Phi) is 3.05. The van der Waals surface area contributed by atoms with Crippen LogP contribution in [-0.4, -0.2) is 6.36 Å². The van der Waals surface area contributed by atoms with E-state index < -0.39 is 6.36 Å². The third-order valence-electron chi connectivity index (χ3n) is 1.27. The molecule has 0 amide bonds. The van der Waals surface area contributed by atoms with Crippen molar-refractivity contribution in [1.29, 1.82) is 0 Å². The second-order valence-corrected chi connectivity index (χ2v) is 2.21. The monoisotopic (exact) mass is 153 g/mol. The zero-order valence-electron chi connectivity index (χ0n) is 6.16. The lowest BCUT2D eigenvalue weighted by Gasteiger charge is -2.03. The van der Waals surface area contributed by atoms with E-state index in [1.165, 1.54) is 0 Å². The number of hydrogen-bond donors (Lipinski definition) is 0. The van der Waals surface area contributed by atoms with Crippen LogP contribution in [0.15, 0.2) is 30.3 Å². The number of ether oxygens (including phenoxy) is 1. The molecule has 0 aliphatic heterocycles. The minimum Gasteiger partial charge on any atom is -0.343 e. The molecule has 0 spiro atoms. The number of alkyl halides is 1. The predicted octanol–water partition coefficient (Wildman–Crippen LogP) is 2.33. The summed E-state index contributed by atoms with van der Waals surface area (Å²) in [4.78, 5) is 0. The fourth-order valence-electron chi connectivity index (χ4n) is 0.761. The van der Waals surface area contributed by atoms with Gasteiger partial charge in [0.25, 0.3) is 0 Å². The molecular formula is C9H10FO. The molecule has 0 bridgehead atoms. The van der Waals surface area contributed by atoms with Gasteiger partial charge in [-0.25, -0.2) is 4.39 Å². The lowest BCUT2D eigenvalue weighted by molar-refractivity contribution is -0.0162. The molecule has 0 aliphatic carbocycles. The maximum atomic E-state index is 12.1. The fraction of sp³-hybridized carbons (Fsp3) is 0.222. The Morgan fingerprint density at radius 1 is 1.36 bits per heavy atom. The fourth-order valence-corrected chi connectivity index (χ4v) is 0.761. The van der Waals surface area contributed by atoms with Crippen LogP contribution in [0.4, 0.5) is 4.39 Å². The van der Waals surface area contributed by atoms with Gasteiger partial charge in [-0.05, 0) is 5.56 Å². The minimum atomic E-state index is -1.43. The first-order chi connectivity index (χ1) is 5.29. The molecule has 1 radical (unpaired) electrons. The zero-order valence-corrected chi connectivity index (χ0v) is 6.16. The van der Waals surface area contributed by atoms with Gasteiger partial charge in [-0.2, -0.15) is 0 Å². The van der Waals surface area contributed by atoms with Crippen LogP contribution in [0, 0.1) is 6.92 Å². The van der Waals surface area contributed by atoms with Crippen molar-refractivity contribution in [1.82, 2.24) is 0 Å². The van der Waals surface area contributed by atoms with Crippen LogP contribution in [0.1, 0.15) is 5.56 Å². The van der Waals surface area contributed by atoms with Gasteiger partial charge in [-0.3, -0.25) is 0 Å². The summed E-state index contributed by atoms with van der Waals surface area (Å²) >= 11 is 0. The molecule has 0 fully saturated rings. The Hall–Kier alpha value is -0.890. The molecule has 0 aromatic heterocycles. The van der Waals surface area contributed by atoms with Crippen molar-refractivity contribution in [2.24, 2.45) is 0 Å². The SMILES string of the molecule is [CH2]C(F)OCc1ccccc1. The average Bonchev–Trinajstić information content (AvgIpc) is 2.03. The standard InChI is InChI=1S/C9H10FO/c1-8(10)11-7-9-5-3-2-4-6-9/h2-6,8H,1,7H2. The molecule has 2 heteroatoms. The second kappa shape index (κ2) is 4.09. The molecule has 59 valence electrons. The minimum absolute atomic E-state index is 0.283. The summed E-state index contributed by atoms with van der Waals surface area (Å²) in [6, 6.07) is 9.43. The highest BCUT2D eigenvalue weighted by atomic mass is 19.1. The quantitative estimate of drug-likeness (QED) is 0.647. The maximum Gasteiger partial charge on any atom is 0.199 e.